The van der Waals surface area contributed by atoms with Gasteiger partial charge in [-0.25, -0.2) is 4.98 Å². The molecule has 0 saturated carbocycles. The number of carbonyl (C=O) groups excluding carboxylic acids is 1. The molecule has 0 unspecified atom stereocenters. The van der Waals surface area contributed by atoms with E-state index in [2.05, 4.69) is 20.3 Å². The largest absolute Gasteiger partial charge is 0.416 e. The molecular formula is C20H20F3N7O. The minimum absolute atomic E-state index is 0.0590. The van der Waals surface area contributed by atoms with Crippen molar-refractivity contribution >= 4 is 11.9 Å². The SMILES string of the molecule is N#CN=C(N)N1CCC(CNC(=O)c2cnccn2)(c2cccc(C(F)(F)F)c2)CC1. The predicted octanol–water partition coefficient (Wildman–Crippen LogP) is 2.05. The summed E-state index contributed by atoms with van der Waals surface area (Å²) in [5, 5.41) is 11.5. The van der Waals surface area contributed by atoms with Crippen LogP contribution in [0.4, 0.5) is 13.2 Å². The molecule has 162 valence electrons. The topological polar surface area (TPSA) is 120 Å². The zero-order valence-corrected chi connectivity index (χ0v) is 16.4. The van der Waals surface area contributed by atoms with Gasteiger partial charge in [-0.15, -0.1) is 4.99 Å². The summed E-state index contributed by atoms with van der Waals surface area (Å²) in [5.74, 6) is -0.406. The minimum atomic E-state index is -4.48. The average molecular weight is 431 g/mol. The lowest BCUT2D eigenvalue weighted by atomic mass is 9.72. The molecule has 0 radical (unpaired) electrons. The van der Waals surface area contributed by atoms with Crippen LogP contribution in [0.3, 0.4) is 0 Å². The summed E-state index contributed by atoms with van der Waals surface area (Å²) in [5.41, 5.74) is 4.86. The first kappa shape index (κ1) is 22.0. The molecule has 2 heterocycles. The summed E-state index contributed by atoms with van der Waals surface area (Å²) < 4.78 is 39.9. The number of nitrogens with two attached hydrogens (primary N) is 1. The normalized spacial score (nSPS) is 16.5. The zero-order chi connectivity index (χ0) is 22.5. The van der Waals surface area contributed by atoms with Crippen LogP contribution in [-0.2, 0) is 11.6 Å². The van der Waals surface area contributed by atoms with E-state index in [4.69, 9.17) is 11.0 Å². The number of benzene rings is 1. The maximum atomic E-state index is 13.3. The lowest BCUT2D eigenvalue weighted by Gasteiger charge is -2.42. The zero-order valence-electron chi connectivity index (χ0n) is 16.4. The number of hydrogen-bond acceptors (Lipinski definition) is 5. The van der Waals surface area contributed by atoms with Gasteiger partial charge in [-0.3, -0.25) is 9.78 Å². The molecule has 1 amide bonds. The lowest BCUT2D eigenvalue weighted by Crippen LogP contribution is -2.52. The van der Waals surface area contributed by atoms with Gasteiger partial charge < -0.3 is 16.0 Å². The molecule has 1 saturated heterocycles. The van der Waals surface area contributed by atoms with Crippen LogP contribution in [0.5, 0.6) is 0 Å². The van der Waals surface area contributed by atoms with Crippen molar-refractivity contribution in [3.63, 3.8) is 0 Å². The first-order chi connectivity index (χ1) is 14.7. The minimum Gasteiger partial charge on any atom is -0.369 e. The predicted molar refractivity (Wildman–Crippen MR) is 106 cm³/mol. The van der Waals surface area contributed by atoms with Gasteiger partial charge in [0.2, 0.25) is 12.2 Å². The molecule has 0 bridgehead atoms. The fourth-order valence-corrected chi connectivity index (χ4v) is 3.64. The van der Waals surface area contributed by atoms with Crippen LogP contribution >= 0.6 is 0 Å². The van der Waals surface area contributed by atoms with E-state index in [1.165, 1.54) is 24.7 Å². The number of carbonyl (C=O) groups is 1. The van der Waals surface area contributed by atoms with E-state index in [1.807, 2.05) is 0 Å². The summed E-state index contributed by atoms with van der Waals surface area (Å²) in [4.78, 5) is 25.5. The van der Waals surface area contributed by atoms with Gasteiger partial charge in [0.25, 0.3) is 5.91 Å². The van der Waals surface area contributed by atoms with Gasteiger partial charge in [-0.05, 0) is 24.5 Å². The van der Waals surface area contributed by atoms with Crippen LogP contribution in [-0.4, -0.2) is 46.4 Å². The molecule has 11 heteroatoms. The van der Waals surface area contributed by atoms with Gasteiger partial charge in [0.15, 0.2) is 0 Å². The number of piperidine rings is 1. The Hall–Kier alpha value is -3.68. The molecular weight excluding hydrogens is 411 g/mol. The van der Waals surface area contributed by atoms with Gasteiger partial charge in [-0.1, -0.05) is 18.2 Å². The van der Waals surface area contributed by atoms with Crippen LogP contribution in [0, 0.1) is 11.5 Å². The van der Waals surface area contributed by atoms with E-state index in [9.17, 15) is 18.0 Å². The number of aliphatic imine (C=N–C) groups is 1. The lowest BCUT2D eigenvalue weighted by molar-refractivity contribution is -0.137. The van der Waals surface area contributed by atoms with E-state index >= 15 is 0 Å². The highest BCUT2D eigenvalue weighted by Gasteiger charge is 2.39. The molecule has 1 aromatic carbocycles. The summed E-state index contributed by atoms with van der Waals surface area (Å²) >= 11 is 0. The number of likely N-dealkylation sites (tertiary alicyclic amines) is 1. The van der Waals surface area contributed by atoms with E-state index in [-0.39, 0.29) is 18.2 Å². The number of nitrogens with zero attached hydrogens (tertiary/aromatic N) is 5. The van der Waals surface area contributed by atoms with Gasteiger partial charge in [0.1, 0.15) is 5.69 Å². The first-order valence-corrected chi connectivity index (χ1v) is 9.44. The van der Waals surface area contributed by atoms with E-state index in [1.54, 1.807) is 17.2 Å². The van der Waals surface area contributed by atoms with Crippen molar-refractivity contribution in [3.05, 3.63) is 59.7 Å². The van der Waals surface area contributed by atoms with Crippen molar-refractivity contribution in [2.75, 3.05) is 19.6 Å². The molecule has 3 rings (SSSR count). The van der Waals surface area contributed by atoms with E-state index < -0.39 is 23.1 Å². The second kappa shape index (κ2) is 8.99. The summed E-state index contributed by atoms with van der Waals surface area (Å²) in [6, 6.07) is 5.13. The van der Waals surface area contributed by atoms with Gasteiger partial charge in [0, 0.05) is 37.4 Å². The number of nitriles is 1. The molecule has 1 aliphatic rings. The molecule has 1 aliphatic heterocycles. The molecule has 3 N–H and O–H groups in total. The van der Waals surface area contributed by atoms with Gasteiger partial charge >= 0.3 is 6.18 Å². The Balaban J connectivity index is 1.87. The highest BCUT2D eigenvalue weighted by atomic mass is 19.4. The van der Waals surface area contributed by atoms with Crippen molar-refractivity contribution in [2.24, 2.45) is 10.7 Å². The van der Waals surface area contributed by atoms with Crippen LogP contribution in [0.25, 0.3) is 0 Å². The van der Waals surface area contributed by atoms with E-state index in [0.29, 0.717) is 31.5 Å². The molecule has 0 aliphatic carbocycles. The standard InChI is InChI=1S/C20H20F3N7O/c21-20(22,23)15-3-1-2-14(10-15)19(4-8-30(9-5-19)18(25)29-13-24)12-28-17(31)16-11-26-6-7-27-16/h1-3,6-7,10-11H,4-5,8-9,12H2,(H2,25,29)(H,28,31). The summed E-state index contributed by atoms with van der Waals surface area (Å²) in [6.07, 6.45) is 2.07. The van der Waals surface area contributed by atoms with Gasteiger partial charge in [0.05, 0.1) is 11.8 Å². The highest BCUT2D eigenvalue weighted by Crippen LogP contribution is 2.38. The number of halogens is 3. The Kier molecular flexibility index (Phi) is 6.39. The Morgan fingerprint density at radius 3 is 2.68 bits per heavy atom. The Morgan fingerprint density at radius 2 is 2.06 bits per heavy atom. The molecule has 2 aromatic rings. The highest BCUT2D eigenvalue weighted by molar-refractivity contribution is 5.91. The third-order valence-electron chi connectivity index (χ3n) is 5.39. The van der Waals surface area contributed by atoms with Gasteiger partial charge in [-0.2, -0.15) is 18.4 Å². The smallest absolute Gasteiger partial charge is 0.369 e. The fourth-order valence-electron chi connectivity index (χ4n) is 3.64. The molecule has 31 heavy (non-hydrogen) atoms. The fraction of sp³-hybridized carbons (Fsp3) is 0.350. The van der Waals surface area contributed by atoms with Crippen LogP contribution in [0.15, 0.2) is 47.8 Å². The molecule has 1 fully saturated rings. The van der Waals surface area contributed by atoms with Crippen molar-refractivity contribution in [3.8, 4) is 6.19 Å². The number of amides is 1. The second-order valence-electron chi connectivity index (χ2n) is 7.19. The van der Waals surface area contributed by atoms with E-state index in [0.717, 1.165) is 12.1 Å². The Morgan fingerprint density at radius 1 is 1.32 bits per heavy atom. The molecule has 0 atom stereocenters. The maximum absolute atomic E-state index is 13.3. The van der Waals surface area contributed by atoms with Crippen molar-refractivity contribution < 1.29 is 18.0 Å². The van der Waals surface area contributed by atoms with Crippen molar-refractivity contribution in [1.29, 1.82) is 5.26 Å². The first-order valence-electron chi connectivity index (χ1n) is 9.44. The molecule has 1 aromatic heterocycles. The molecule has 0 spiro atoms. The van der Waals surface area contributed by atoms with Crippen molar-refractivity contribution in [1.82, 2.24) is 20.2 Å². The Bertz CT molecular complexity index is 994. The monoisotopic (exact) mass is 431 g/mol. The third kappa shape index (κ3) is 5.09. The number of aromatic nitrogens is 2. The van der Waals surface area contributed by atoms with Crippen LogP contribution in [0.2, 0.25) is 0 Å². The Labute approximate surface area is 176 Å². The van der Waals surface area contributed by atoms with Crippen molar-refractivity contribution in [2.45, 2.75) is 24.4 Å². The number of hydrogen-bond donors (Lipinski definition) is 2. The number of nitrogens with one attached hydrogen (secondary N) is 1. The van der Waals surface area contributed by atoms with Crippen LogP contribution < -0.4 is 11.1 Å². The average Bonchev–Trinajstić information content (AvgIpc) is 2.78. The second-order valence-corrected chi connectivity index (χ2v) is 7.19. The summed E-state index contributed by atoms with van der Waals surface area (Å²) in [7, 11) is 0. The number of rotatable bonds is 4. The number of guanidine groups is 1. The molecule has 8 nitrogen and oxygen atoms in total. The third-order valence-corrected chi connectivity index (χ3v) is 5.39. The summed E-state index contributed by atoms with van der Waals surface area (Å²) in [6.45, 7) is 0.843. The quantitative estimate of drug-likeness (QED) is 0.434. The maximum Gasteiger partial charge on any atom is 0.416 e. The number of alkyl halides is 3. The van der Waals surface area contributed by atoms with Crippen LogP contribution in [0.1, 0.15) is 34.5 Å².